The van der Waals surface area contributed by atoms with E-state index >= 15 is 0 Å². The van der Waals surface area contributed by atoms with Gasteiger partial charge in [-0.15, -0.1) is 0 Å². The summed E-state index contributed by atoms with van der Waals surface area (Å²) in [4.78, 5) is 6.80. The Bertz CT molecular complexity index is 525. The molecule has 4 nitrogen and oxygen atoms in total. The van der Waals surface area contributed by atoms with Gasteiger partial charge < -0.3 is 15.0 Å². The fraction of sp³-hybridized carbons (Fsp3) is 0.438. The first kappa shape index (κ1) is 14.9. The predicted molar refractivity (Wildman–Crippen MR) is 82.8 cm³/mol. The molecule has 0 saturated carbocycles. The van der Waals surface area contributed by atoms with Crippen molar-refractivity contribution in [1.82, 2.24) is 15.2 Å². The van der Waals surface area contributed by atoms with Gasteiger partial charge in [-0.05, 0) is 18.7 Å². The van der Waals surface area contributed by atoms with E-state index in [1.54, 1.807) is 7.11 Å². The molecule has 2 aromatic rings. The van der Waals surface area contributed by atoms with Crippen LogP contribution in [0.3, 0.4) is 0 Å². The summed E-state index contributed by atoms with van der Waals surface area (Å²) in [6, 6.07) is 10.5. The van der Waals surface area contributed by atoms with Crippen LogP contribution in [-0.4, -0.2) is 50.3 Å². The summed E-state index contributed by atoms with van der Waals surface area (Å²) in [7, 11) is 3.86. The third-order valence-electron chi connectivity index (χ3n) is 3.31. The van der Waals surface area contributed by atoms with Gasteiger partial charge in [-0.1, -0.05) is 24.3 Å². The topological polar surface area (TPSA) is 37.4 Å². The highest BCUT2D eigenvalue weighted by molar-refractivity contribution is 5.81. The zero-order valence-corrected chi connectivity index (χ0v) is 12.3. The lowest BCUT2D eigenvalue weighted by atomic mass is 10.1. The van der Waals surface area contributed by atoms with Crippen molar-refractivity contribution in [3.8, 4) is 0 Å². The van der Waals surface area contributed by atoms with Crippen molar-refractivity contribution >= 4 is 10.9 Å². The summed E-state index contributed by atoms with van der Waals surface area (Å²) >= 11 is 0. The van der Waals surface area contributed by atoms with E-state index < -0.39 is 0 Å². The van der Waals surface area contributed by atoms with E-state index in [-0.39, 0.29) is 0 Å². The highest BCUT2D eigenvalue weighted by atomic mass is 16.5. The second-order valence-electron chi connectivity index (χ2n) is 4.97. The summed E-state index contributed by atoms with van der Waals surface area (Å²) in [5.74, 6) is 0. The van der Waals surface area contributed by atoms with E-state index in [0.717, 1.165) is 38.3 Å². The monoisotopic (exact) mass is 273 g/mol. The van der Waals surface area contributed by atoms with Crippen LogP contribution < -0.4 is 5.32 Å². The number of nitrogens with zero attached hydrogens (tertiary/aromatic N) is 2. The van der Waals surface area contributed by atoms with Gasteiger partial charge in [0.2, 0.25) is 0 Å². The van der Waals surface area contributed by atoms with E-state index in [0.29, 0.717) is 0 Å². The lowest BCUT2D eigenvalue weighted by molar-refractivity contribution is 0.197. The number of aromatic nitrogens is 1. The minimum atomic E-state index is 0.761. The molecule has 0 radical (unpaired) electrons. The van der Waals surface area contributed by atoms with Gasteiger partial charge in [-0.3, -0.25) is 4.98 Å². The van der Waals surface area contributed by atoms with Gasteiger partial charge in [0, 0.05) is 44.9 Å². The standard InChI is InChI=1S/C16H23N3O/c1-19(11-9-17-10-12-20-2)13-15-6-3-5-14-7-4-8-18-16(14)15/h3-8,17H,9-13H2,1-2H3. The van der Waals surface area contributed by atoms with Crippen molar-refractivity contribution in [2.24, 2.45) is 0 Å². The molecule has 1 heterocycles. The van der Waals surface area contributed by atoms with Gasteiger partial charge in [0.15, 0.2) is 0 Å². The first-order valence-corrected chi connectivity index (χ1v) is 7.02. The van der Waals surface area contributed by atoms with Gasteiger partial charge in [0.05, 0.1) is 12.1 Å². The number of benzene rings is 1. The van der Waals surface area contributed by atoms with Crippen molar-refractivity contribution < 1.29 is 4.74 Å². The first-order valence-electron chi connectivity index (χ1n) is 7.02. The number of ether oxygens (including phenoxy) is 1. The lowest BCUT2D eigenvalue weighted by Crippen LogP contribution is -2.30. The molecule has 0 spiro atoms. The molecule has 0 aliphatic rings. The molecule has 0 aliphatic heterocycles. The normalized spacial score (nSPS) is 11.3. The van der Waals surface area contributed by atoms with Crippen LogP contribution in [0.15, 0.2) is 36.5 Å². The number of methoxy groups -OCH3 is 1. The Kier molecular flexibility index (Phi) is 5.92. The Morgan fingerprint density at radius 1 is 1.20 bits per heavy atom. The fourth-order valence-electron chi connectivity index (χ4n) is 2.23. The Balaban J connectivity index is 1.88. The largest absolute Gasteiger partial charge is 0.383 e. The molecule has 0 atom stereocenters. The molecule has 2 rings (SSSR count). The lowest BCUT2D eigenvalue weighted by Gasteiger charge is -2.17. The molecular formula is C16H23N3O. The molecule has 1 aromatic carbocycles. The fourth-order valence-corrected chi connectivity index (χ4v) is 2.23. The number of hydrogen-bond acceptors (Lipinski definition) is 4. The summed E-state index contributed by atoms with van der Waals surface area (Å²) in [6.45, 7) is 4.56. The van der Waals surface area contributed by atoms with Crippen molar-refractivity contribution in [2.45, 2.75) is 6.54 Å². The molecule has 0 fully saturated rings. The molecule has 0 bridgehead atoms. The van der Waals surface area contributed by atoms with Crippen LogP contribution in [0.2, 0.25) is 0 Å². The third kappa shape index (κ3) is 4.27. The molecule has 108 valence electrons. The van der Waals surface area contributed by atoms with Gasteiger partial charge in [0.1, 0.15) is 0 Å². The smallest absolute Gasteiger partial charge is 0.0746 e. The minimum Gasteiger partial charge on any atom is -0.383 e. The highest BCUT2D eigenvalue weighted by Crippen LogP contribution is 2.16. The van der Waals surface area contributed by atoms with Crippen LogP contribution >= 0.6 is 0 Å². The van der Waals surface area contributed by atoms with Crippen molar-refractivity contribution in [1.29, 1.82) is 0 Å². The summed E-state index contributed by atoms with van der Waals surface area (Å²) < 4.78 is 5.01. The summed E-state index contributed by atoms with van der Waals surface area (Å²) in [6.07, 6.45) is 1.86. The Morgan fingerprint density at radius 2 is 2.05 bits per heavy atom. The second kappa shape index (κ2) is 7.94. The Hall–Kier alpha value is -1.49. The first-order chi connectivity index (χ1) is 9.81. The average molecular weight is 273 g/mol. The van der Waals surface area contributed by atoms with Crippen molar-refractivity contribution in [2.75, 3.05) is 40.4 Å². The molecule has 0 saturated heterocycles. The van der Waals surface area contributed by atoms with Crippen LogP contribution in [0.25, 0.3) is 10.9 Å². The van der Waals surface area contributed by atoms with Gasteiger partial charge in [-0.2, -0.15) is 0 Å². The van der Waals surface area contributed by atoms with Crippen LogP contribution in [0, 0.1) is 0 Å². The van der Waals surface area contributed by atoms with Gasteiger partial charge >= 0.3 is 0 Å². The van der Waals surface area contributed by atoms with Crippen LogP contribution in [0.1, 0.15) is 5.56 Å². The number of rotatable bonds is 8. The maximum atomic E-state index is 5.01. The summed E-state index contributed by atoms with van der Waals surface area (Å²) in [5, 5.41) is 4.56. The van der Waals surface area contributed by atoms with Crippen molar-refractivity contribution in [3.05, 3.63) is 42.1 Å². The molecule has 20 heavy (non-hydrogen) atoms. The highest BCUT2D eigenvalue weighted by Gasteiger charge is 2.05. The SMILES string of the molecule is COCCNCCN(C)Cc1cccc2cccnc12. The van der Waals surface area contributed by atoms with E-state index in [1.165, 1.54) is 10.9 Å². The molecule has 0 amide bonds. The zero-order valence-electron chi connectivity index (χ0n) is 12.3. The second-order valence-corrected chi connectivity index (χ2v) is 4.97. The Morgan fingerprint density at radius 3 is 2.90 bits per heavy atom. The molecule has 0 unspecified atom stereocenters. The maximum Gasteiger partial charge on any atom is 0.0746 e. The van der Waals surface area contributed by atoms with Crippen LogP contribution in [0.4, 0.5) is 0 Å². The number of nitrogens with one attached hydrogen (secondary N) is 1. The predicted octanol–water partition coefficient (Wildman–Crippen LogP) is 1.90. The van der Waals surface area contributed by atoms with E-state index in [1.807, 2.05) is 12.3 Å². The molecule has 0 aliphatic carbocycles. The van der Waals surface area contributed by atoms with E-state index in [2.05, 4.69) is 46.5 Å². The number of fused-ring (bicyclic) bond motifs is 1. The van der Waals surface area contributed by atoms with Gasteiger partial charge in [0.25, 0.3) is 0 Å². The number of hydrogen-bond donors (Lipinski definition) is 1. The Labute approximate surface area is 120 Å². The van der Waals surface area contributed by atoms with Gasteiger partial charge in [-0.25, -0.2) is 0 Å². The van der Waals surface area contributed by atoms with E-state index in [9.17, 15) is 0 Å². The van der Waals surface area contributed by atoms with E-state index in [4.69, 9.17) is 4.74 Å². The maximum absolute atomic E-state index is 5.01. The summed E-state index contributed by atoms with van der Waals surface area (Å²) in [5.41, 5.74) is 2.39. The zero-order chi connectivity index (χ0) is 14.2. The quantitative estimate of drug-likeness (QED) is 0.746. The molecule has 1 N–H and O–H groups in total. The van der Waals surface area contributed by atoms with Crippen molar-refractivity contribution in [3.63, 3.8) is 0 Å². The third-order valence-corrected chi connectivity index (χ3v) is 3.31. The van der Waals surface area contributed by atoms with Crippen LogP contribution in [0.5, 0.6) is 0 Å². The number of para-hydroxylation sites is 1. The molecule has 4 heteroatoms. The number of likely N-dealkylation sites (N-methyl/N-ethyl adjacent to an activating group) is 1. The van der Waals surface area contributed by atoms with Crippen LogP contribution in [-0.2, 0) is 11.3 Å². The molecule has 1 aromatic heterocycles. The average Bonchev–Trinajstić information content (AvgIpc) is 2.47. The minimum absolute atomic E-state index is 0.761. The number of pyridine rings is 1. The molecular weight excluding hydrogens is 250 g/mol.